The number of hydrogen-bond donors (Lipinski definition) is 1. The fraction of sp³-hybridized carbons (Fsp3) is 0.158. The summed E-state index contributed by atoms with van der Waals surface area (Å²) >= 11 is 5.76. The highest BCUT2D eigenvalue weighted by Crippen LogP contribution is 2.26. The monoisotopic (exact) mass is 350 g/mol. The maximum absolute atomic E-state index is 12.9. The molecule has 1 nitrogen and oxygen atoms in total. The van der Waals surface area contributed by atoms with Crippen LogP contribution in [-0.2, 0) is 0 Å². The Morgan fingerprint density at radius 3 is 2.21 bits per heavy atom. The first-order valence-electron chi connectivity index (χ1n) is 7.06. The number of aliphatic hydroxyl groups excluding tert-OH is 1. The molecule has 0 heterocycles. The molecule has 2 aromatic carbocycles. The molecule has 5 heteroatoms. The first-order valence-corrected chi connectivity index (χ1v) is 7.44. The van der Waals surface area contributed by atoms with E-state index >= 15 is 0 Å². The van der Waals surface area contributed by atoms with Crippen LogP contribution in [0.4, 0.5) is 13.2 Å². The second kappa shape index (κ2) is 7.57. The van der Waals surface area contributed by atoms with Crippen molar-refractivity contribution in [3.8, 4) is 11.8 Å². The average Bonchev–Trinajstić information content (AvgIpc) is 2.53. The molecule has 0 aliphatic rings. The van der Waals surface area contributed by atoms with E-state index in [2.05, 4.69) is 11.8 Å². The molecular weight excluding hydrogens is 337 g/mol. The van der Waals surface area contributed by atoms with Crippen molar-refractivity contribution < 1.29 is 18.3 Å². The van der Waals surface area contributed by atoms with Crippen molar-refractivity contribution in [3.63, 3.8) is 0 Å². The van der Waals surface area contributed by atoms with E-state index in [0.717, 1.165) is 5.56 Å². The minimum atomic E-state index is -4.79. The van der Waals surface area contributed by atoms with Gasteiger partial charge in [0.15, 0.2) is 6.10 Å². The zero-order valence-corrected chi connectivity index (χ0v) is 13.5. The molecule has 2 rings (SSSR count). The van der Waals surface area contributed by atoms with Crippen LogP contribution in [0.25, 0.3) is 6.08 Å². The molecular formula is C19H14ClF3O. The molecule has 1 unspecified atom stereocenters. The van der Waals surface area contributed by atoms with Gasteiger partial charge in [-0.05, 0) is 42.8 Å². The zero-order valence-electron chi connectivity index (χ0n) is 12.7. The minimum Gasteiger partial charge on any atom is -0.379 e. The van der Waals surface area contributed by atoms with Crippen molar-refractivity contribution in [2.45, 2.75) is 19.2 Å². The van der Waals surface area contributed by atoms with E-state index in [9.17, 15) is 18.3 Å². The number of aliphatic hydroxyl groups is 1. The second-order valence-electron chi connectivity index (χ2n) is 5.21. The van der Waals surface area contributed by atoms with Crippen LogP contribution in [-0.4, -0.2) is 17.4 Å². The lowest BCUT2D eigenvalue weighted by atomic mass is 10.0. The molecule has 0 saturated carbocycles. The largest absolute Gasteiger partial charge is 0.419 e. The Kier molecular flexibility index (Phi) is 5.71. The first-order chi connectivity index (χ1) is 11.3. The predicted octanol–water partition coefficient (Wildman–Crippen LogP) is 5.01. The van der Waals surface area contributed by atoms with Crippen molar-refractivity contribution in [3.05, 3.63) is 75.8 Å². The number of hydrogen-bond acceptors (Lipinski definition) is 1. The van der Waals surface area contributed by atoms with Gasteiger partial charge in [-0.15, -0.1) is 0 Å². The molecule has 0 spiro atoms. The van der Waals surface area contributed by atoms with E-state index in [0.29, 0.717) is 16.1 Å². The summed E-state index contributed by atoms with van der Waals surface area (Å²) in [4.78, 5) is 0. The van der Waals surface area contributed by atoms with Gasteiger partial charge < -0.3 is 5.11 Å². The summed E-state index contributed by atoms with van der Waals surface area (Å²) in [5.74, 6) is 5.04. The standard InChI is InChI=1S/C19H14ClF3O/c1-13-2-4-15(5-3-13)12-16(18(24)19(21,22)23)9-6-14-7-10-17(20)11-8-14/h2-5,7-8,10-12,18,24H,1H3/b16-12+. The summed E-state index contributed by atoms with van der Waals surface area (Å²) in [7, 11) is 0. The molecule has 0 aliphatic carbocycles. The third-order valence-corrected chi connectivity index (χ3v) is 3.45. The Bertz CT molecular complexity index is 779. The minimum absolute atomic E-state index is 0.415. The Hall–Kier alpha value is -2.22. The van der Waals surface area contributed by atoms with E-state index < -0.39 is 17.9 Å². The maximum Gasteiger partial charge on any atom is 0.419 e. The van der Waals surface area contributed by atoms with Gasteiger partial charge in [-0.3, -0.25) is 0 Å². The molecule has 0 aliphatic heterocycles. The summed E-state index contributed by atoms with van der Waals surface area (Å²) < 4.78 is 38.6. The van der Waals surface area contributed by atoms with Crippen LogP contribution in [0.15, 0.2) is 54.1 Å². The quantitative estimate of drug-likeness (QED) is 0.755. The normalized spacial score (nSPS) is 13.2. The zero-order chi connectivity index (χ0) is 17.7. The van der Waals surface area contributed by atoms with Crippen LogP contribution in [0.2, 0.25) is 5.02 Å². The van der Waals surface area contributed by atoms with Crippen molar-refractivity contribution in [2.75, 3.05) is 0 Å². The molecule has 0 bridgehead atoms. The van der Waals surface area contributed by atoms with Gasteiger partial charge in [0.2, 0.25) is 0 Å². The molecule has 1 atom stereocenters. The number of benzene rings is 2. The summed E-state index contributed by atoms with van der Waals surface area (Å²) in [6.07, 6.45) is -6.19. The Morgan fingerprint density at radius 1 is 1.08 bits per heavy atom. The second-order valence-corrected chi connectivity index (χ2v) is 5.65. The van der Waals surface area contributed by atoms with Gasteiger partial charge in [-0.25, -0.2) is 0 Å². The third-order valence-electron chi connectivity index (χ3n) is 3.20. The van der Waals surface area contributed by atoms with E-state index in [4.69, 9.17) is 11.6 Å². The van der Waals surface area contributed by atoms with Gasteiger partial charge in [-0.1, -0.05) is 53.3 Å². The summed E-state index contributed by atoms with van der Waals surface area (Å²) in [5, 5.41) is 10.1. The molecule has 0 aromatic heterocycles. The molecule has 124 valence electrons. The number of alkyl halides is 3. The fourth-order valence-electron chi connectivity index (χ4n) is 1.88. The molecule has 2 aromatic rings. The van der Waals surface area contributed by atoms with Crippen LogP contribution in [0.1, 0.15) is 16.7 Å². The number of halogens is 4. The molecule has 0 radical (unpaired) electrons. The summed E-state index contributed by atoms with van der Waals surface area (Å²) in [6, 6.07) is 13.3. The lowest BCUT2D eigenvalue weighted by Gasteiger charge is -2.14. The highest BCUT2D eigenvalue weighted by molar-refractivity contribution is 6.30. The fourth-order valence-corrected chi connectivity index (χ4v) is 2.01. The molecule has 1 N–H and O–H groups in total. The van der Waals surface area contributed by atoms with Crippen LogP contribution < -0.4 is 0 Å². The lowest BCUT2D eigenvalue weighted by molar-refractivity contribution is -0.189. The van der Waals surface area contributed by atoms with Crippen LogP contribution in [0.5, 0.6) is 0 Å². The van der Waals surface area contributed by atoms with Crippen LogP contribution in [0.3, 0.4) is 0 Å². The molecule has 0 fully saturated rings. The van der Waals surface area contributed by atoms with Gasteiger partial charge in [0.25, 0.3) is 0 Å². The van der Waals surface area contributed by atoms with Gasteiger partial charge in [0, 0.05) is 16.2 Å². The number of rotatable bonds is 2. The van der Waals surface area contributed by atoms with Crippen LogP contribution >= 0.6 is 11.6 Å². The van der Waals surface area contributed by atoms with E-state index in [1.165, 1.54) is 6.08 Å². The van der Waals surface area contributed by atoms with Gasteiger partial charge in [0.05, 0.1) is 0 Å². The van der Waals surface area contributed by atoms with E-state index in [1.807, 2.05) is 6.92 Å². The van der Waals surface area contributed by atoms with Crippen molar-refractivity contribution in [1.29, 1.82) is 0 Å². The van der Waals surface area contributed by atoms with Gasteiger partial charge in [-0.2, -0.15) is 13.2 Å². The SMILES string of the molecule is Cc1ccc(/C=C(\C#Cc2ccc(Cl)cc2)C(O)C(F)(F)F)cc1. The van der Waals surface area contributed by atoms with Crippen molar-refractivity contribution >= 4 is 17.7 Å². The predicted molar refractivity (Wildman–Crippen MR) is 89.5 cm³/mol. The lowest BCUT2D eigenvalue weighted by Crippen LogP contribution is -2.29. The highest BCUT2D eigenvalue weighted by Gasteiger charge is 2.40. The smallest absolute Gasteiger partial charge is 0.379 e. The maximum atomic E-state index is 12.9. The van der Waals surface area contributed by atoms with E-state index in [1.54, 1.807) is 48.5 Å². The van der Waals surface area contributed by atoms with E-state index in [-0.39, 0.29) is 0 Å². The van der Waals surface area contributed by atoms with Gasteiger partial charge in [0.1, 0.15) is 0 Å². The average molecular weight is 351 g/mol. The summed E-state index contributed by atoms with van der Waals surface area (Å²) in [6.45, 7) is 1.87. The third kappa shape index (κ3) is 5.16. The molecule has 0 saturated heterocycles. The first kappa shape index (κ1) is 18.1. The Labute approximate surface area is 143 Å². The van der Waals surface area contributed by atoms with Crippen LogP contribution in [0, 0.1) is 18.8 Å². The van der Waals surface area contributed by atoms with Crippen molar-refractivity contribution in [1.82, 2.24) is 0 Å². The van der Waals surface area contributed by atoms with Gasteiger partial charge >= 0.3 is 6.18 Å². The van der Waals surface area contributed by atoms with Crippen molar-refractivity contribution in [2.24, 2.45) is 0 Å². The summed E-state index contributed by atoms with van der Waals surface area (Å²) in [5.41, 5.74) is 1.60. The molecule has 24 heavy (non-hydrogen) atoms. The number of aryl methyl sites for hydroxylation is 1. The highest BCUT2D eigenvalue weighted by atomic mass is 35.5. The topological polar surface area (TPSA) is 20.2 Å². The Morgan fingerprint density at radius 2 is 1.67 bits per heavy atom. The molecule has 0 amide bonds. The Balaban J connectivity index is 2.40.